The predicted octanol–water partition coefficient (Wildman–Crippen LogP) is 6.37. The predicted molar refractivity (Wildman–Crippen MR) is 160 cm³/mol. The van der Waals surface area contributed by atoms with E-state index in [-0.39, 0.29) is 24.3 Å². The molecule has 0 spiro atoms. The number of carbonyl (C=O) groups is 2. The molecule has 0 heterocycles. The molecule has 0 radical (unpaired) electrons. The van der Waals surface area contributed by atoms with Crippen molar-refractivity contribution < 1.29 is 14.3 Å². The summed E-state index contributed by atoms with van der Waals surface area (Å²) in [6.07, 6.45) is 31.2. The first-order chi connectivity index (χ1) is 18.4. The number of nitrogens with two attached hydrogens (primary N) is 2. The number of ketones is 1. The van der Waals surface area contributed by atoms with Crippen LogP contribution in [0, 0.1) is 0 Å². The summed E-state index contributed by atoms with van der Waals surface area (Å²) in [5, 5.41) is 0. The summed E-state index contributed by atoms with van der Waals surface area (Å²) in [5.41, 5.74) is 11.1. The van der Waals surface area contributed by atoms with E-state index in [2.05, 4.69) is 77.7 Å². The van der Waals surface area contributed by atoms with Crippen molar-refractivity contribution >= 4 is 23.8 Å². The molecule has 0 saturated carbocycles. The molecule has 0 aromatic heterocycles. The van der Waals surface area contributed by atoms with E-state index < -0.39 is 6.09 Å². The Hall–Kier alpha value is -3.42. The van der Waals surface area contributed by atoms with Crippen LogP contribution in [0.4, 0.5) is 4.79 Å². The highest BCUT2D eigenvalue weighted by Crippen LogP contribution is 2.07. The number of hydrogen-bond acceptors (Lipinski definition) is 3. The molecule has 0 aromatic rings. The third-order valence-corrected chi connectivity index (χ3v) is 5.20. The molecular weight excluding hydrogens is 478 g/mol. The molecule has 212 valence electrons. The molecule has 0 rings (SSSR count). The minimum Gasteiger partial charge on any atom is -0.448 e. The Morgan fingerprint density at radius 3 is 1.79 bits per heavy atom. The topological polar surface area (TPSA) is 123 Å². The summed E-state index contributed by atoms with van der Waals surface area (Å²) in [6, 6.07) is 0. The van der Waals surface area contributed by atoms with Crippen LogP contribution in [-0.4, -0.2) is 49.4 Å². The maximum absolute atomic E-state index is 12.0. The number of aliphatic imine (C=N–C) groups is 2. The summed E-state index contributed by atoms with van der Waals surface area (Å²) in [4.78, 5) is 32.4. The van der Waals surface area contributed by atoms with E-state index in [4.69, 9.17) is 16.2 Å². The molecule has 0 saturated heterocycles. The molecule has 38 heavy (non-hydrogen) atoms. The first-order valence-corrected chi connectivity index (χ1v) is 13.7. The summed E-state index contributed by atoms with van der Waals surface area (Å²) in [6.45, 7) is 2.37. The Balaban J connectivity index is 3.70. The maximum Gasteiger partial charge on any atom is 0.436 e. The summed E-state index contributed by atoms with van der Waals surface area (Å²) >= 11 is 0. The second-order valence-electron chi connectivity index (χ2n) is 8.90. The molecule has 0 fully saturated rings. The molecule has 4 N–H and O–H groups in total. The van der Waals surface area contributed by atoms with Crippen LogP contribution in [0.15, 0.2) is 70.7 Å². The van der Waals surface area contributed by atoms with Crippen LogP contribution in [-0.2, 0) is 9.53 Å². The van der Waals surface area contributed by atoms with Crippen molar-refractivity contribution in [1.29, 1.82) is 0 Å². The van der Waals surface area contributed by atoms with Gasteiger partial charge in [-0.05, 0) is 64.2 Å². The Bertz CT molecular complexity index is 852. The highest BCUT2D eigenvalue weighted by molar-refractivity contribution is 5.97. The molecule has 0 unspecified atom stereocenters. The zero-order valence-corrected chi connectivity index (χ0v) is 23.7. The average Bonchev–Trinajstić information content (AvgIpc) is 2.87. The van der Waals surface area contributed by atoms with Gasteiger partial charge in [-0.3, -0.25) is 4.79 Å². The van der Waals surface area contributed by atoms with Crippen molar-refractivity contribution in [3.05, 3.63) is 60.8 Å². The van der Waals surface area contributed by atoms with E-state index in [1.54, 1.807) is 19.0 Å². The largest absolute Gasteiger partial charge is 0.448 e. The monoisotopic (exact) mass is 527 g/mol. The van der Waals surface area contributed by atoms with Crippen LogP contribution < -0.4 is 11.5 Å². The molecule has 8 heteroatoms. The van der Waals surface area contributed by atoms with Crippen LogP contribution in [0.25, 0.3) is 0 Å². The minimum atomic E-state index is -0.802. The van der Waals surface area contributed by atoms with E-state index >= 15 is 0 Å². The first-order valence-electron chi connectivity index (χ1n) is 13.7. The molecule has 0 aromatic carbocycles. The Kier molecular flexibility index (Phi) is 23.0. The third-order valence-electron chi connectivity index (χ3n) is 5.20. The lowest BCUT2D eigenvalue weighted by Gasteiger charge is -2.09. The van der Waals surface area contributed by atoms with Crippen molar-refractivity contribution in [2.45, 2.75) is 84.0 Å². The lowest BCUT2D eigenvalue weighted by atomic mass is 10.1. The maximum atomic E-state index is 12.0. The SMILES string of the molecule is CC/C=C\C/C=C\C/C=C\C/C=C\C/C=C\CCCC(=O)CCCCCOC(=O)N=C(N)N=C(N)N(C)C. The van der Waals surface area contributed by atoms with Gasteiger partial charge >= 0.3 is 6.09 Å². The minimum absolute atomic E-state index is 0.140. The van der Waals surface area contributed by atoms with Crippen molar-refractivity contribution in [3.63, 3.8) is 0 Å². The molecule has 0 aliphatic heterocycles. The normalized spacial score (nSPS) is 13.1. The van der Waals surface area contributed by atoms with Gasteiger partial charge in [0.25, 0.3) is 0 Å². The van der Waals surface area contributed by atoms with Gasteiger partial charge in [0.05, 0.1) is 6.61 Å². The summed E-state index contributed by atoms with van der Waals surface area (Å²) in [7, 11) is 3.39. The Morgan fingerprint density at radius 1 is 0.711 bits per heavy atom. The zero-order chi connectivity index (χ0) is 28.3. The molecule has 0 aliphatic rings. The second kappa shape index (κ2) is 25.2. The molecule has 0 bridgehead atoms. The number of hydrogen-bond donors (Lipinski definition) is 2. The number of carbonyl (C=O) groups excluding carboxylic acids is 2. The van der Waals surface area contributed by atoms with Crippen molar-refractivity contribution in [1.82, 2.24) is 4.90 Å². The number of allylic oxidation sites excluding steroid dienone is 10. The van der Waals surface area contributed by atoms with Crippen LogP contribution in [0.2, 0.25) is 0 Å². The fourth-order valence-corrected chi connectivity index (χ4v) is 3.04. The van der Waals surface area contributed by atoms with E-state index in [1.165, 1.54) is 0 Å². The Morgan fingerprint density at radius 2 is 1.24 bits per heavy atom. The van der Waals surface area contributed by atoms with E-state index in [0.29, 0.717) is 19.3 Å². The molecular formula is C30H49N5O3. The fourth-order valence-electron chi connectivity index (χ4n) is 3.04. The van der Waals surface area contributed by atoms with Gasteiger partial charge in [-0.25, -0.2) is 4.79 Å². The fraction of sp³-hybridized carbons (Fsp3) is 0.533. The van der Waals surface area contributed by atoms with Gasteiger partial charge in [-0.2, -0.15) is 4.99 Å². The van der Waals surface area contributed by atoms with E-state index in [1.807, 2.05) is 0 Å². The number of nitrogens with zero attached hydrogens (tertiary/aromatic N) is 3. The number of ether oxygens (including phenoxy) is 1. The smallest absolute Gasteiger partial charge is 0.436 e. The zero-order valence-electron chi connectivity index (χ0n) is 23.7. The van der Waals surface area contributed by atoms with Gasteiger partial charge in [0.2, 0.25) is 5.96 Å². The van der Waals surface area contributed by atoms with Gasteiger partial charge < -0.3 is 21.1 Å². The molecule has 1 amide bonds. The third kappa shape index (κ3) is 24.3. The average molecular weight is 528 g/mol. The number of unbranched alkanes of at least 4 members (excludes halogenated alkanes) is 3. The highest BCUT2D eigenvalue weighted by Gasteiger charge is 2.04. The first kappa shape index (κ1) is 34.6. The van der Waals surface area contributed by atoms with Gasteiger partial charge in [-0.15, -0.1) is 4.99 Å². The van der Waals surface area contributed by atoms with Crippen LogP contribution >= 0.6 is 0 Å². The molecule has 8 nitrogen and oxygen atoms in total. The van der Waals surface area contributed by atoms with Gasteiger partial charge in [0.15, 0.2) is 5.96 Å². The quantitative estimate of drug-likeness (QED) is 0.0871. The van der Waals surface area contributed by atoms with Gasteiger partial charge in [0, 0.05) is 26.9 Å². The van der Waals surface area contributed by atoms with Crippen LogP contribution in [0.1, 0.15) is 84.0 Å². The molecule has 0 atom stereocenters. The van der Waals surface area contributed by atoms with E-state index in [0.717, 1.165) is 57.8 Å². The number of rotatable bonds is 19. The number of amides is 1. The second-order valence-corrected chi connectivity index (χ2v) is 8.90. The Labute approximate surface area is 230 Å². The van der Waals surface area contributed by atoms with E-state index in [9.17, 15) is 9.59 Å². The number of guanidine groups is 2. The summed E-state index contributed by atoms with van der Waals surface area (Å²) < 4.78 is 4.99. The standard InChI is InChI=1S/C30H49N5O3/c1-4-5-6-7-8-9-10-11-12-13-14-15-16-17-18-19-21-24-27(36)25-22-20-23-26-38-30(37)34-28(31)33-29(32)35(2)3/h5-6,8-9,11-12,14-15,17-18H,4,7,10,13,16,19-26H2,1-3H3,(H4,31,32,33,34,37)/b6-5-,9-8-,12-11-,15-14-,18-17-. The lowest BCUT2D eigenvalue weighted by Crippen LogP contribution is -2.32. The van der Waals surface area contributed by atoms with Crippen molar-refractivity contribution in [2.75, 3.05) is 20.7 Å². The number of Topliss-reactive ketones (excluding diaryl/α,β-unsaturated/α-hetero) is 1. The van der Waals surface area contributed by atoms with Crippen molar-refractivity contribution in [2.24, 2.45) is 21.5 Å². The van der Waals surface area contributed by atoms with Crippen LogP contribution in [0.3, 0.4) is 0 Å². The lowest BCUT2D eigenvalue weighted by molar-refractivity contribution is -0.119. The van der Waals surface area contributed by atoms with Crippen LogP contribution in [0.5, 0.6) is 0 Å². The highest BCUT2D eigenvalue weighted by atomic mass is 16.5. The van der Waals surface area contributed by atoms with Crippen molar-refractivity contribution in [3.8, 4) is 0 Å². The molecule has 0 aliphatic carbocycles. The summed E-state index contributed by atoms with van der Waals surface area (Å²) in [5.74, 6) is 0.168. The van der Waals surface area contributed by atoms with Gasteiger partial charge in [-0.1, -0.05) is 67.7 Å². The van der Waals surface area contributed by atoms with Gasteiger partial charge in [0.1, 0.15) is 5.78 Å².